The molecule has 16 heavy (non-hydrogen) atoms. The summed E-state index contributed by atoms with van der Waals surface area (Å²) in [7, 11) is 0. The lowest BCUT2D eigenvalue weighted by Gasteiger charge is -2.34. The van der Waals surface area contributed by atoms with Gasteiger partial charge in [-0.25, -0.2) is 0 Å². The molecule has 0 spiro atoms. The molecule has 2 rings (SSSR count). The van der Waals surface area contributed by atoms with Crippen LogP contribution in [-0.2, 0) is 0 Å². The summed E-state index contributed by atoms with van der Waals surface area (Å²) in [5.41, 5.74) is 6.45. The molecule has 90 valence electrons. The second kappa shape index (κ2) is 3.75. The van der Waals surface area contributed by atoms with E-state index in [2.05, 4.69) is 48.5 Å². The van der Waals surface area contributed by atoms with Gasteiger partial charge < -0.3 is 0 Å². The fraction of sp³-hybridized carbons (Fsp3) is 0.750. The molecule has 2 aliphatic carbocycles. The highest BCUT2D eigenvalue weighted by Gasteiger charge is 2.47. The van der Waals surface area contributed by atoms with E-state index in [1.807, 2.05) is 0 Å². The van der Waals surface area contributed by atoms with Gasteiger partial charge in [-0.15, -0.1) is 0 Å². The van der Waals surface area contributed by atoms with Crippen LogP contribution in [0.25, 0.3) is 0 Å². The fourth-order valence-corrected chi connectivity index (χ4v) is 4.21. The van der Waals surface area contributed by atoms with Crippen molar-refractivity contribution in [3.63, 3.8) is 0 Å². The molecule has 2 aliphatic rings. The zero-order valence-corrected chi connectivity index (χ0v) is 11.9. The Morgan fingerprint density at radius 3 is 1.19 bits per heavy atom. The smallest absolute Gasteiger partial charge is 0.0103 e. The quantitative estimate of drug-likeness (QED) is 0.546. The van der Waals surface area contributed by atoms with E-state index >= 15 is 0 Å². The Hall–Kier alpha value is -0.520. The summed E-state index contributed by atoms with van der Waals surface area (Å²) >= 11 is 0. The van der Waals surface area contributed by atoms with Gasteiger partial charge in [0, 0.05) is 0 Å². The lowest BCUT2D eigenvalue weighted by molar-refractivity contribution is 0.356. The summed E-state index contributed by atoms with van der Waals surface area (Å²) in [5.74, 6) is 4.18. The van der Waals surface area contributed by atoms with Crippen LogP contribution in [0.4, 0.5) is 0 Å². The van der Waals surface area contributed by atoms with E-state index in [1.165, 1.54) is 0 Å². The first-order valence-corrected chi connectivity index (χ1v) is 6.73. The van der Waals surface area contributed by atoms with Crippen LogP contribution in [0.15, 0.2) is 22.3 Å². The largest absolute Gasteiger partial charge is 0.0661 e. The van der Waals surface area contributed by atoms with Gasteiger partial charge in [-0.05, 0) is 68.4 Å². The second-order valence-electron chi connectivity index (χ2n) is 6.24. The van der Waals surface area contributed by atoms with Crippen molar-refractivity contribution in [2.45, 2.75) is 48.5 Å². The first-order chi connectivity index (χ1) is 7.37. The van der Waals surface area contributed by atoms with Crippen molar-refractivity contribution in [1.29, 1.82) is 0 Å². The summed E-state index contributed by atoms with van der Waals surface area (Å²) in [6.07, 6.45) is 0. The van der Waals surface area contributed by atoms with E-state index in [1.54, 1.807) is 22.3 Å². The molecular weight excluding hydrogens is 192 g/mol. The number of allylic oxidation sites excluding steroid dienone is 4. The van der Waals surface area contributed by atoms with E-state index in [0.717, 1.165) is 29.6 Å². The lowest BCUT2D eigenvalue weighted by Crippen LogP contribution is -2.24. The normalized spacial score (nSPS) is 44.1. The van der Waals surface area contributed by atoms with E-state index in [0.29, 0.717) is 0 Å². The van der Waals surface area contributed by atoms with Gasteiger partial charge in [0.2, 0.25) is 0 Å². The minimum Gasteiger partial charge on any atom is -0.0661 e. The molecule has 0 amide bonds. The van der Waals surface area contributed by atoms with Gasteiger partial charge in [0.15, 0.2) is 0 Å². The molecule has 0 aliphatic heterocycles. The van der Waals surface area contributed by atoms with Crippen LogP contribution >= 0.6 is 0 Å². The minimum absolute atomic E-state index is 0.814. The standard InChI is InChI=1S/C16H26/c1-8-9(2)12(5)16-14(7)10(3)13(6)15(16)11(8)4/h10,13-16H,1-7H3/t10?,13-,14?,15?,16?/m0/s1. The third kappa shape index (κ3) is 1.35. The van der Waals surface area contributed by atoms with Gasteiger partial charge >= 0.3 is 0 Å². The molecule has 0 nitrogen and oxygen atoms in total. The summed E-state index contributed by atoms with van der Waals surface area (Å²) < 4.78 is 0. The highest BCUT2D eigenvalue weighted by Crippen LogP contribution is 2.55. The second-order valence-corrected chi connectivity index (χ2v) is 6.24. The van der Waals surface area contributed by atoms with Gasteiger partial charge in [0.1, 0.15) is 0 Å². The lowest BCUT2D eigenvalue weighted by atomic mass is 9.71. The Kier molecular flexibility index (Phi) is 2.80. The van der Waals surface area contributed by atoms with Crippen molar-refractivity contribution in [2.75, 3.05) is 0 Å². The van der Waals surface area contributed by atoms with Crippen LogP contribution in [0.5, 0.6) is 0 Å². The van der Waals surface area contributed by atoms with Crippen molar-refractivity contribution >= 4 is 0 Å². The summed E-state index contributed by atoms with van der Waals surface area (Å²) in [5, 5.41) is 0. The van der Waals surface area contributed by atoms with Crippen molar-refractivity contribution < 1.29 is 0 Å². The molecule has 1 fully saturated rings. The summed E-state index contributed by atoms with van der Waals surface area (Å²) in [6.45, 7) is 16.7. The fourth-order valence-electron chi connectivity index (χ4n) is 4.21. The van der Waals surface area contributed by atoms with Crippen molar-refractivity contribution in [3.8, 4) is 0 Å². The van der Waals surface area contributed by atoms with E-state index in [4.69, 9.17) is 0 Å². The third-order valence-corrected chi connectivity index (χ3v) is 5.92. The van der Waals surface area contributed by atoms with Crippen molar-refractivity contribution in [1.82, 2.24) is 0 Å². The first kappa shape index (κ1) is 12.0. The Labute approximate surface area is 101 Å². The maximum absolute atomic E-state index is 2.45. The molecule has 5 atom stereocenters. The average Bonchev–Trinajstić information content (AvgIpc) is 2.48. The van der Waals surface area contributed by atoms with Gasteiger partial charge in [0.25, 0.3) is 0 Å². The predicted molar refractivity (Wildman–Crippen MR) is 71.2 cm³/mol. The number of fused-ring (bicyclic) bond motifs is 1. The molecule has 0 bridgehead atoms. The SMILES string of the molecule is CC1=C(C)C2C(C)C(C)[C@H](C)C2C(C)=C1C. The van der Waals surface area contributed by atoms with Crippen LogP contribution in [0.2, 0.25) is 0 Å². The molecule has 0 heteroatoms. The molecule has 1 saturated carbocycles. The number of hydrogen-bond donors (Lipinski definition) is 0. The van der Waals surface area contributed by atoms with Crippen LogP contribution in [-0.4, -0.2) is 0 Å². The highest BCUT2D eigenvalue weighted by atomic mass is 14.5. The molecule has 0 N–H and O–H groups in total. The molecule has 0 aromatic carbocycles. The van der Waals surface area contributed by atoms with Gasteiger partial charge in [0.05, 0.1) is 0 Å². The predicted octanol–water partition coefficient (Wildman–Crippen LogP) is 4.83. The first-order valence-electron chi connectivity index (χ1n) is 6.73. The van der Waals surface area contributed by atoms with Crippen LogP contribution in [0, 0.1) is 29.6 Å². The Morgan fingerprint density at radius 1 is 0.562 bits per heavy atom. The van der Waals surface area contributed by atoms with Crippen LogP contribution < -0.4 is 0 Å². The number of rotatable bonds is 0. The Balaban J connectivity index is 2.54. The molecule has 0 aromatic rings. The molecule has 0 aromatic heterocycles. The zero-order valence-electron chi connectivity index (χ0n) is 11.9. The van der Waals surface area contributed by atoms with Gasteiger partial charge in [-0.3, -0.25) is 0 Å². The minimum atomic E-state index is 0.814. The van der Waals surface area contributed by atoms with Crippen LogP contribution in [0.1, 0.15) is 48.5 Å². The molecule has 0 radical (unpaired) electrons. The van der Waals surface area contributed by atoms with E-state index in [9.17, 15) is 0 Å². The third-order valence-electron chi connectivity index (χ3n) is 5.92. The maximum Gasteiger partial charge on any atom is -0.0103 e. The topological polar surface area (TPSA) is 0 Å². The average molecular weight is 218 g/mol. The van der Waals surface area contributed by atoms with Gasteiger partial charge in [-0.2, -0.15) is 0 Å². The van der Waals surface area contributed by atoms with Crippen molar-refractivity contribution in [3.05, 3.63) is 22.3 Å². The molecule has 0 saturated heterocycles. The highest BCUT2D eigenvalue weighted by molar-refractivity contribution is 5.43. The molecule has 4 unspecified atom stereocenters. The monoisotopic (exact) mass is 218 g/mol. The molecule has 0 heterocycles. The van der Waals surface area contributed by atoms with Gasteiger partial charge in [-0.1, -0.05) is 31.9 Å². The van der Waals surface area contributed by atoms with E-state index < -0.39 is 0 Å². The maximum atomic E-state index is 2.45. The van der Waals surface area contributed by atoms with E-state index in [-0.39, 0.29) is 0 Å². The molecular formula is C16H26. The van der Waals surface area contributed by atoms with Crippen molar-refractivity contribution in [2.24, 2.45) is 29.6 Å². The number of hydrogen-bond acceptors (Lipinski definition) is 0. The Morgan fingerprint density at radius 2 is 0.875 bits per heavy atom. The summed E-state index contributed by atoms with van der Waals surface area (Å²) in [4.78, 5) is 0. The Bertz CT molecular complexity index is 333. The zero-order chi connectivity index (χ0) is 12.2. The summed E-state index contributed by atoms with van der Waals surface area (Å²) in [6, 6.07) is 0. The van der Waals surface area contributed by atoms with Crippen LogP contribution in [0.3, 0.4) is 0 Å².